The lowest BCUT2D eigenvalue weighted by molar-refractivity contribution is 0.363. The molecule has 0 aliphatic heterocycles. The first-order valence-electron chi connectivity index (χ1n) is 30.6. The maximum Gasteiger partial charge on any atom is 0.147 e. The van der Waals surface area contributed by atoms with Crippen molar-refractivity contribution in [2.75, 3.05) is 23.0 Å². The van der Waals surface area contributed by atoms with Crippen LogP contribution in [0, 0.1) is 39.3 Å². The molecule has 0 bridgehead atoms. The number of halogens is 2. The van der Waals surface area contributed by atoms with Gasteiger partial charge >= 0.3 is 0 Å². The van der Waals surface area contributed by atoms with Crippen molar-refractivity contribution >= 4 is 34.1 Å². The van der Waals surface area contributed by atoms with Gasteiger partial charge in [0.25, 0.3) is 0 Å². The van der Waals surface area contributed by atoms with E-state index in [1.807, 2.05) is 58.3 Å². The summed E-state index contributed by atoms with van der Waals surface area (Å²) in [6.45, 7) is 17.2. The molecule has 14 rings (SSSR count). The Morgan fingerprint density at radius 1 is 0.344 bits per heavy atom. The average molecular weight is 1170 g/mol. The third-order valence-electron chi connectivity index (χ3n) is 18.2. The van der Waals surface area contributed by atoms with Crippen LogP contribution in [0.4, 0.5) is 42.9 Å². The van der Waals surface area contributed by atoms with E-state index in [2.05, 4.69) is 235 Å². The molecule has 438 valence electrons. The van der Waals surface area contributed by atoms with Crippen LogP contribution in [0.25, 0.3) is 33.4 Å². The Labute approximate surface area is 526 Å². The topological polar surface area (TPSA) is 24.9 Å². The summed E-state index contributed by atoms with van der Waals surface area (Å²) in [7, 11) is 0. The Hall–Kier alpha value is -10.8. The molecule has 90 heavy (non-hydrogen) atoms. The number of para-hydroxylation sites is 2. The lowest BCUT2D eigenvalue weighted by Crippen LogP contribution is -2.30. The molecular weight excluding hydrogens is 1110 g/mol. The second-order valence-corrected chi connectivity index (χ2v) is 23.6. The van der Waals surface area contributed by atoms with Crippen LogP contribution in [0.2, 0.25) is 0 Å². The van der Waals surface area contributed by atoms with Crippen molar-refractivity contribution < 1.29 is 18.3 Å². The van der Waals surface area contributed by atoms with Crippen LogP contribution < -0.4 is 19.3 Å². The molecule has 2 unspecified atom stereocenters. The fraction of sp³-hybridized carbons (Fsp3) is 0.0952. The van der Waals surface area contributed by atoms with Crippen molar-refractivity contribution in [1.29, 1.82) is 0 Å². The molecule has 0 saturated heterocycles. The Kier molecular flexibility index (Phi) is 14.8. The maximum atomic E-state index is 16.6. The van der Waals surface area contributed by atoms with E-state index < -0.39 is 10.8 Å². The lowest BCUT2D eigenvalue weighted by Gasteiger charge is -2.36. The third kappa shape index (κ3) is 9.50. The predicted octanol–water partition coefficient (Wildman–Crippen LogP) is 21.7. The summed E-state index contributed by atoms with van der Waals surface area (Å²) in [4.78, 5) is 4.05. The normalized spacial score (nSPS) is 15.0. The Morgan fingerprint density at radius 2 is 0.700 bits per heavy atom. The summed E-state index contributed by atoms with van der Waals surface area (Å²) >= 11 is 0. The van der Waals surface area contributed by atoms with Gasteiger partial charge in [-0.25, -0.2) is 8.78 Å². The number of hydrogen-bond acceptors (Lipinski definition) is 4. The summed E-state index contributed by atoms with van der Waals surface area (Å²) in [5.74, 6) is 0.835. The minimum atomic E-state index is -0.737. The molecule has 0 aromatic heterocycles. The number of aryl methyl sites for hydroxylation is 4. The van der Waals surface area contributed by atoms with Crippen LogP contribution >= 0.6 is 0 Å². The summed E-state index contributed by atoms with van der Waals surface area (Å²) in [6, 6.07) is 91.5. The van der Waals surface area contributed by atoms with E-state index in [1.54, 1.807) is 24.3 Å². The molecule has 2 aliphatic carbocycles. The Bertz CT molecular complexity index is 4420. The highest BCUT2D eigenvalue weighted by molar-refractivity contribution is 5.92. The van der Waals surface area contributed by atoms with Crippen LogP contribution in [-0.2, 0) is 10.8 Å². The predicted molar refractivity (Wildman–Crippen MR) is 366 cm³/mol. The highest BCUT2D eigenvalue weighted by Gasteiger charge is 2.49. The van der Waals surface area contributed by atoms with Crippen molar-refractivity contribution in [2.45, 2.75) is 38.5 Å². The quantitative estimate of drug-likeness (QED) is 0.0849. The fourth-order valence-corrected chi connectivity index (χ4v) is 14.2. The average Bonchev–Trinajstić information content (AvgIpc) is 1.52. The summed E-state index contributed by atoms with van der Waals surface area (Å²) < 4.78 is 45.3. The molecule has 2 atom stereocenters. The zero-order valence-corrected chi connectivity index (χ0v) is 50.9. The molecule has 12 aromatic rings. The molecule has 0 spiro atoms. The Morgan fingerprint density at radius 3 is 1.09 bits per heavy atom. The molecule has 0 radical (unpaired) electrons. The molecule has 12 aromatic carbocycles. The lowest BCUT2D eigenvalue weighted by atomic mass is 9.66. The fourth-order valence-electron chi connectivity index (χ4n) is 14.2. The van der Waals surface area contributed by atoms with E-state index >= 15 is 8.78 Å². The van der Waals surface area contributed by atoms with Crippen molar-refractivity contribution in [3.8, 4) is 44.9 Å². The maximum absolute atomic E-state index is 16.6. The van der Waals surface area contributed by atoms with Gasteiger partial charge in [-0.1, -0.05) is 206 Å². The molecule has 6 heteroatoms. The van der Waals surface area contributed by atoms with Crippen LogP contribution in [0.15, 0.2) is 292 Å². The molecule has 0 heterocycles. The second-order valence-electron chi connectivity index (χ2n) is 23.6. The standard InChI is InChI=1S/C84H66F2N2O2/c1-7-49-89-67-43-33-61(34-44-67)83(75-51-55(3)25-27-57(75)5)73-19-11-9-17-69(73)71-47-41-65(53-77(71)83)87(81-23-15-13-21-79(81)85)63-37-29-59(30-38-63)60-31-39-64(40-32-60)88(82-24-16-14-22-80(82)86)66-42-48-72-70-18-10-12-20-74(70)84(78(72)54-66,76-52-56(4)26-28-58(76)6)62-35-45-68(46-36-62)90-50-8-2/h7-48,51-54H,1-2,49-50H2,3-6H3. The van der Waals surface area contributed by atoms with Gasteiger partial charge in [0.1, 0.15) is 36.3 Å². The second kappa shape index (κ2) is 23.4. The van der Waals surface area contributed by atoms with Gasteiger partial charge in [0.2, 0.25) is 0 Å². The van der Waals surface area contributed by atoms with Gasteiger partial charge in [-0.2, -0.15) is 0 Å². The van der Waals surface area contributed by atoms with Gasteiger partial charge in [0.15, 0.2) is 0 Å². The molecule has 0 fully saturated rings. The molecule has 0 amide bonds. The number of anilines is 6. The van der Waals surface area contributed by atoms with E-state index in [9.17, 15) is 0 Å². The zero-order valence-electron chi connectivity index (χ0n) is 50.9. The van der Waals surface area contributed by atoms with E-state index in [-0.39, 0.29) is 11.6 Å². The van der Waals surface area contributed by atoms with Gasteiger partial charge < -0.3 is 19.3 Å². The van der Waals surface area contributed by atoms with Gasteiger partial charge in [-0.15, -0.1) is 0 Å². The van der Waals surface area contributed by atoms with Crippen molar-refractivity contribution in [2.24, 2.45) is 0 Å². The summed E-state index contributed by atoms with van der Waals surface area (Å²) in [5, 5.41) is 0. The van der Waals surface area contributed by atoms with E-state index in [4.69, 9.17) is 9.47 Å². The summed E-state index contributed by atoms with van der Waals surface area (Å²) in [6.07, 6.45) is 3.51. The smallest absolute Gasteiger partial charge is 0.147 e. The van der Waals surface area contributed by atoms with Crippen molar-refractivity contribution in [1.82, 2.24) is 0 Å². The zero-order chi connectivity index (χ0) is 61.7. The highest BCUT2D eigenvalue weighted by atomic mass is 19.1. The number of rotatable bonds is 17. The number of nitrogens with zero attached hydrogens (tertiary/aromatic N) is 2. The number of benzene rings is 12. The largest absolute Gasteiger partial charge is 0.490 e. The van der Waals surface area contributed by atoms with Crippen LogP contribution in [0.1, 0.15) is 66.8 Å². The molecule has 0 saturated carbocycles. The van der Waals surface area contributed by atoms with E-state index in [0.717, 1.165) is 112 Å². The van der Waals surface area contributed by atoms with Gasteiger partial charge in [-0.3, -0.25) is 0 Å². The number of fused-ring (bicyclic) bond motifs is 6. The SMILES string of the molecule is C=CCOc1ccc(C2(c3cc(C)ccc3C)c3ccccc3-c3ccc(N(c4ccc(-c5ccc(N(c6ccc7c(c6)C(c6ccc(OCC=C)cc6)(c6cc(C)ccc6C)c6ccccc6-7)c6ccccc6F)cc5)cc4)c4ccccc4F)cc32)cc1. The Balaban J connectivity index is 0.866. The first-order valence-corrected chi connectivity index (χ1v) is 30.6. The number of hydrogen-bond donors (Lipinski definition) is 0. The molecule has 4 nitrogen and oxygen atoms in total. The minimum absolute atomic E-state index is 0.344. The van der Waals surface area contributed by atoms with Crippen molar-refractivity contribution in [3.05, 3.63) is 371 Å². The molecule has 2 aliphatic rings. The molecule has 0 N–H and O–H groups in total. The summed E-state index contributed by atoms with van der Waals surface area (Å²) in [5.41, 5.74) is 22.8. The first-order chi connectivity index (χ1) is 44.0. The van der Waals surface area contributed by atoms with Gasteiger partial charge in [0, 0.05) is 22.7 Å². The van der Waals surface area contributed by atoms with Crippen molar-refractivity contribution in [3.63, 3.8) is 0 Å². The van der Waals surface area contributed by atoms with Crippen LogP contribution in [-0.4, -0.2) is 13.2 Å². The monoisotopic (exact) mass is 1170 g/mol. The van der Waals surface area contributed by atoms with E-state index in [1.165, 1.54) is 34.4 Å². The first kappa shape index (κ1) is 57.0. The van der Waals surface area contributed by atoms with Crippen LogP contribution in [0.3, 0.4) is 0 Å². The highest BCUT2D eigenvalue weighted by Crippen LogP contribution is 2.60. The van der Waals surface area contributed by atoms with Gasteiger partial charge in [0.05, 0.1) is 22.2 Å². The minimum Gasteiger partial charge on any atom is -0.490 e. The van der Waals surface area contributed by atoms with Gasteiger partial charge in [-0.05, 0) is 214 Å². The molecular formula is C84H66F2N2O2. The third-order valence-corrected chi connectivity index (χ3v) is 18.2. The van der Waals surface area contributed by atoms with E-state index in [0.29, 0.717) is 24.6 Å². The number of ether oxygens (including phenoxy) is 2. The van der Waals surface area contributed by atoms with Crippen LogP contribution in [0.5, 0.6) is 11.5 Å².